The van der Waals surface area contributed by atoms with E-state index in [2.05, 4.69) is 4.98 Å². The van der Waals surface area contributed by atoms with E-state index in [1.165, 1.54) is 6.20 Å². The Kier molecular flexibility index (Phi) is 3.15. The average molecular weight is 205 g/mol. The van der Waals surface area contributed by atoms with E-state index in [4.69, 9.17) is 15.7 Å². The van der Waals surface area contributed by atoms with Crippen LogP contribution in [-0.4, -0.2) is 10.6 Å². The Morgan fingerprint density at radius 2 is 2.27 bits per heavy atom. The van der Waals surface area contributed by atoms with Gasteiger partial charge in [0, 0.05) is 0 Å². The van der Waals surface area contributed by atoms with Crippen LogP contribution in [0, 0.1) is 11.3 Å². The van der Waals surface area contributed by atoms with Gasteiger partial charge in [0.2, 0.25) is 5.88 Å². The molecule has 2 N–H and O–H groups in total. The van der Waals surface area contributed by atoms with Crippen molar-refractivity contribution in [2.24, 2.45) is 0 Å². The maximum Gasteiger partial charge on any atom is 0.232 e. The fraction of sp³-hybridized carbons (Fsp3) is 0.455. The number of rotatable bonds is 3. The minimum absolute atomic E-state index is 0.325. The van der Waals surface area contributed by atoms with E-state index in [1.807, 2.05) is 26.8 Å². The first-order chi connectivity index (χ1) is 6.98. The van der Waals surface area contributed by atoms with Crippen LogP contribution in [0.1, 0.15) is 32.8 Å². The third-order valence-electron chi connectivity index (χ3n) is 2.22. The number of nitrogens with zero attached hydrogens (tertiary/aromatic N) is 2. The van der Waals surface area contributed by atoms with Gasteiger partial charge in [-0.2, -0.15) is 5.26 Å². The lowest BCUT2D eigenvalue weighted by molar-refractivity contribution is 0.0986. The third-order valence-corrected chi connectivity index (χ3v) is 2.22. The molecule has 1 heterocycles. The zero-order valence-corrected chi connectivity index (χ0v) is 9.24. The van der Waals surface area contributed by atoms with Crippen molar-refractivity contribution >= 4 is 5.69 Å². The molecule has 0 spiro atoms. The molecule has 4 nitrogen and oxygen atoms in total. The third kappa shape index (κ3) is 2.84. The normalized spacial score (nSPS) is 10.8. The molecule has 80 valence electrons. The molecule has 0 aliphatic carbocycles. The highest BCUT2D eigenvalue weighted by Gasteiger charge is 2.19. The molecule has 0 fully saturated rings. The average Bonchev–Trinajstić information content (AvgIpc) is 2.20. The van der Waals surface area contributed by atoms with Crippen LogP contribution in [0.5, 0.6) is 5.88 Å². The van der Waals surface area contributed by atoms with Crippen LogP contribution in [0.3, 0.4) is 0 Å². The zero-order chi connectivity index (χ0) is 11.5. The van der Waals surface area contributed by atoms with Gasteiger partial charge in [0.05, 0.1) is 11.9 Å². The van der Waals surface area contributed by atoms with Crippen LogP contribution in [0.2, 0.25) is 0 Å². The van der Waals surface area contributed by atoms with Gasteiger partial charge in [-0.3, -0.25) is 0 Å². The Labute approximate surface area is 89.7 Å². The summed E-state index contributed by atoms with van der Waals surface area (Å²) in [6.45, 7) is 5.92. The molecule has 0 bridgehead atoms. The summed E-state index contributed by atoms with van der Waals surface area (Å²) in [5, 5.41) is 8.89. The van der Waals surface area contributed by atoms with Crippen molar-refractivity contribution in [1.29, 1.82) is 5.26 Å². The van der Waals surface area contributed by atoms with Crippen LogP contribution in [0.15, 0.2) is 12.3 Å². The predicted octanol–water partition coefficient (Wildman–Crippen LogP) is 2.10. The zero-order valence-electron chi connectivity index (χ0n) is 9.24. The highest BCUT2D eigenvalue weighted by Crippen LogP contribution is 2.23. The van der Waals surface area contributed by atoms with Crippen molar-refractivity contribution in [3.8, 4) is 11.9 Å². The number of nitrogen functional groups attached to an aromatic ring is 1. The van der Waals surface area contributed by atoms with Gasteiger partial charge in [-0.25, -0.2) is 4.98 Å². The Morgan fingerprint density at radius 1 is 1.60 bits per heavy atom. The van der Waals surface area contributed by atoms with Crippen LogP contribution in [0.4, 0.5) is 5.69 Å². The summed E-state index contributed by atoms with van der Waals surface area (Å²) in [4.78, 5) is 4.01. The SMILES string of the molecule is CCC(C)(C)Oc1ncc(N)cc1C#N. The second-order valence-corrected chi connectivity index (χ2v) is 3.95. The van der Waals surface area contributed by atoms with E-state index in [9.17, 15) is 0 Å². The van der Waals surface area contributed by atoms with Gasteiger partial charge in [0.25, 0.3) is 0 Å². The molecule has 0 saturated heterocycles. The summed E-state index contributed by atoms with van der Waals surface area (Å²) in [6.07, 6.45) is 2.33. The number of pyridine rings is 1. The van der Waals surface area contributed by atoms with Gasteiger partial charge in [-0.05, 0) is 26.3 Å². The first-order valence-electron chi connectivity index (χ1n) is 4.83. The Morgan fingerprint density at radius 3 is 2.80 bits per heavy atom. The molecule has 15 heavy (non-hydrogen) atoms. The molecule has 0 amide bonds. The summed E-state index contributed by atoms with van der Waals surface area (Å²) >= 11 is 0. The lowest BCUT2D eigenvalue weighted by Gasteiger charge is -2.24. The fourth-order valence-corrected chi connectivity index (χ4v) is 0.964. The molecule has 4 heteroatoms. The number of hydrogen-bond donors (Lipinski definition) is 1. The predicted molar refractivity (Wildman–Crippen MR) is 58.4 cm³/mol. The number of nitrogens with two attached hydrogens (primary N) is 1. The molecule has 1 aromatic rings. The topological polar surface area (TPSA) is 71.9 Å². The number of anilines is 1. The van der Waals surface area contributed by atoms with Crippen LogP contribution < -0.4 is 10.5 Å². The van der Waals surface area contributed by atoms with Crippen molar-refractivity contribution < 1.29 is 4.74 Å². The fourth-order valence-electron chi connectivity index (χ4n) is 0.964. The molecule has 1 rings (SSSR count). The highest BCUT2D eigenvalue weighted by molar-refractivity contribution is 5.48. The molecular weight excluding hydrogens is 190 g/mol. The van der Waals surface area contributed by atoms with E-state index < -0.39 is 0 Å². The molecule has 0 aromatic carbocycles. The first kappa shape index (κ1) is 11.3. The van der Waals surface area contributed by atoms with Gasteiger partial charge in [-0.15, -0.1) is 0 Å². The van der Waals surface area contributed by atoms with E-state index >= 15 is 0 Å². The number of aromatic nitrogens is 1. The standard InChI is InChI=1S/C11H15N3O/c1-4-11(2,3)15-10-8(6-12)5-9(13)7-14-10/h5,7H,4,13H2,1-3H3. The van der Waals surface area contributed by atoms with E-state index in [0.29, 0.717) is 17.1 Å². The molecular formula is C11H15N3O. The molecule has 0 aliphatic rings. The molecule has 0 aliphatic heterocycles. The quantitative estimate of drug-likeness (QED) is 0.820. The van der Waals surface area contributed by atoms with Gasteiger partial charge in [0.15, 0.2) is 0 Å². The Bertz CT molecular complexity index is 393. The van der Waals surface area contributed by atoms with Gasteiger partial charge in [-0.1, -0.05) is 6.92 Å². The summed E-state index contributed by atoms with van der Waals surface area (Å²) in [7, 11) is 0. The minimum Gasteiger partial charge on any atom is -0.471 e. The maximum absolute atomic E-state index is 8.89. The van der Waals surface area contributed by atoms with Gasteiger partial charge in [0.1, 0.15) is 17.2 Å². The smallest absolute Gasteiger partial charge is 0.232 e. The summed E-state index contributed by atoms with van der Waals surface area (Å²) < 4.78 is 5.64. The molecule has 0 saturated carbocycles. The maximum atomic E-state index is 8.89. The number of hydrogen-bond acceptors (Lipinski definition) is 4. The van der Waals surface area contributed by atoms with Gasteiger partial charge < -0.3 is 10.5 Å². The highest BCUT2D eigenvalue weighted by atomic mass is 16.5. The van der Waals surface area contributed by atoms with E-state index in [0.717, 1.165) is 6.42 Å². The molecule has 0 radical (unpaired) electrons. The molecule has 0 unspecified atom stereocenters. The lowest BCUT2D eigenvalue weighted by atomic mass is 10.1. The Hall–Kier alpha value is -1.76. The first-order valence-corrected chi connectivity index (χ1v) is 4.83. The van der Waals surface area contributed by atoms with E-state index in [1.54, 1.807) is 6.07 Å². The summed E-state index contributed by atoms with van der Waals surface area (Å²) in [6, 6.07) is 3.58. The largest absolute Gasteiger partial charge is 0.471 e. The van der Waals surface area contributed by atoms with Gasteiger partial charge >= 0.3 is 0 Å². The lowest BCUT2D eigenvalue weighted by Crippen LogP contribution is -2.27. The summed E-state index contributed by atoms with van der Waals surface area (Å²) in [5.74, 6) is 0.346. The van der Waals surface area contributed by atoms with Crippen LogP contribution in [0.25, 0.3) is 0 Å². The van der Waals surface area contributed by atoms with Crippen molar-refractivity contribution in [2.45, 2.75) is 32.8 Å². The van der Waals surface area contributed by atoms with Crippen LogP contribution >= 0.6 is 0 Å². The van der Waals surface area contributed by atoms with E-state index in [-0.39, 0.29) is 5.60 Å². The second kappa shape index (κ2) is 4.18. The Balaban J connectivity index is 3.01. The summed E-state index contributed by atoms with van der Waals surface area (Å²) in [5.41, 5.74) is 6.04. The monoisotopic (exact) mass is 205 g/mol. The second-order valence-electron chi connectivity index (χ2n) is 3.95. The van der Waals surface area contributed by atoms with Crippen molar-refractivity contribution in [2.75, 3.05) is 5.73 Å². The number of ether oxygens (including phenoxy) is 1. The van der Waals surface area contributed by atoms with Crippen molar-refractivity contribution in [3.05, 3.63) is 17.8 Å². The van der Waals surface area contributed by atoms with Crippen molar-refractivity contribution in [1.82, 2.24) is 4.98 Å². The van der Waals surface area contributed by atoms with Crippen LogP contribution in [-0.2, 0) is 0 Å². The van der Waals surface area contributed by atoms with Crippen molar-refractivity contribution in [3.63, 3.8) is 0 Å². The molecule has 0 atom stereocenters. The minimum atomic E-state index is -0.325. The number of nitriles is 1. The molecule has 1 aromatic heterocycles.